The lowest BCUT2D eigenvalue weighted by atomic mass is 10.1. The van der Waals surface area contributed by atoms with Crippen LogP contribution < -0.4 is 5.73 Å². The summed E-state index contributed by atoms with van der Waals surface area (Å²) in [6.07, 6.45) is 2.57. The Morgan fingerprint density at radius 2 is 2.13 bits per heavy atom. The summed E-state index contributed by atoms with van der Waals surface area (Å²) in [4.78, 5) is 1.23. The molecule has 0 heterocycles. The van der Waals surface area contributed by atoms with Gasteiger partial charge in [-0.2, -0.15) is 0 Å². The summed E-state index contributed by atoms with van der Waals surface area (Å²) in [6.45, 7) is 6.62. The summed E-state index contributed by atoms with van der Waals surface area (Å²) in [5.74, 6) is 1.95. The maximum Gasteiger partial charge on any atom is 0.0454 e. The smallest absolute Gasteiger partial charge is 0.0454 e. The second kappa shape index (κ2) is 6.06. The van der Waals surface area contributed by atoms with Crippen LogP contribution in [0.15, 0.2) is 23.1 Å². The number of anilines is 1. The zero-order valence-corrected chi connectivity index (χ0v) is 10.7. The third-order valence-electron chi connectivity index (χ3n) is 2.47. The van der Waals surface area contributed by atoms with Crippen LogP contribution in [0.1, 0.15) is 32.3 Å². The van der Waals surface area contributed by atoms with Crippen molar-refractivity contribution in [3.8, 4) is 0 Å². The Morgan fingerprint density at radius 3 is 2.73 bits per heavy atom. The molecule has 2 N–H and O–H groups in total. The van der Waals surface area contributed by atoms with E-state index < -0.39 is 0 Å². The van der Waals surface area contributed by atoms with Gasteiger partial charge in [0.25, 0.3) is 0 Å². The summed E-state index contributed by atoms with van der Waals surface area (Å²) in [6, 6.07) is 6.31. The van der Waals surface area contributed by atoms with E-state index in [0.717, 1.165) is 11.6 Å². The summed E-state index contributed by atoms with van der Waals surface area (Å²) < 4.78 is 0. The lowest BCUT2D eigenvalue weighted by Crippen LogP contribution is -1.98. The van der Waals surface area contributed by atoms with E-state index in [-0.39, 0.29) is 0 Å². The average molecular weight is 223 g/mol. The Hall–Kier alpha value is -0.630. The van der Waals surface area contributed by atoms with Crippen molar-refractivity contribution in [2.24, 2.45) is 5.92 Å². The van der Waals surface area contributed by atoms with Gasteiger partial charge >= 0.3 is 0 Å². The van der Waals surface area contributed by atoms with Crippen molar-refractivity contribution in [1.29, 1.82) is 0 Å². The van der Waals surface area contributed by atoms with Crippen molar-refractivity contribution < 1.29 is 0 Å². The Balaban J connectivity index is 2.50. The molecule has 0 radical (unpaired) electrons. The van der Waals surface area contributed by atoms with Gasteiger partial charge in [0.05, 0.1) is 0 Å². The van der Waals surface area contributed by atoms with E-state index in [1.807, 2.05) is 17.8 Å². The Kier molecular flexibility index (Phi) is 5.03. The molecular formula is C13H21NS. The molecule has 15 heavy (non-hydrogen) atoms. The van der Waals surface area contributed by atoms with Crippen molar-refractivity contribution in [1.82, 2.24) is 0 Å². The first kappa shape index (κ1) is 12.4. The van der Waals surface area contributed by atoms with Crippen LogP contribution in [0.4, 0.5) is 5.69 Å². The summed E-state index contributed by atoms with van der Waals surface area (Å²) in [5.41, 5.74) is 8.12. The van der Waals surface area contributed by atoms with Crippen LogP contribution in [0.5, 0.6) is 0 Å². The lowest BCUT2D eigenvalue weighted by molar-refractivity contribution is 0.585. The monoisotopic (exact) mass is 223 g/mol. The van der Waals surface area contributed by atoms with E-state index >= 15 is 0 Å². The highest BCUT2D eigenvalue weighted by atomic mass is 32.2. The van der Waals surface area contributed by atoms with Gasteiger partial charge in [0, 0.05) is 16.3 Å². The van der Waals surface area contributed by atoms with Gasteiger partial charge in [-0.3, -0.25) is 0 Å². The highest BCUT2D eigenvalue weighted by Gasteiger charge is 2.04. The minimum Gasteiger partial charge on any atom is -0.398 e. The van der Waals surface area contributed by atoms with Gasteiger partial charge < -0.3 is 5.73 Å². The van der Waals surface area contributed by atoms with E-state index in [4.69, 9.17) is 5.73 Å². The van der Waals surface area contributed by atoms with Crippen molar-refractivity contribution >= 4 is 17.4 Å². The van der Waals surface area contributed by atoms with Crippen LogP contribution in [0.2, 0.25) is 0 Å². The van der Waals surface area contributed by atoms with Crippen LogP contribution in [0.3, 0.4) is 0 Å². The molecule has 0 saturated carbocycles. The molecule has 0 fully saturated rings. The number of aryl methyl sites for hydroxylation is 1. The Labute approximate surface area is 97.4 Å². The molecule has 1 unspecified atom stereocenters. The van der Waals surface area contributed by atoms with Crippen molar-refractivity contribution in [2.45, 2.75) is 38.5 Å². The van der Waals surface area contributed by atoms with E-state index in [2.05, 4.69) is 32.9 Å². The molecule has 0 amide bonds. The molecule has 0 bridgehead atoms. The van der Waals surface area contributed by atoms with Gasteiger partial charge in [0.2, 0.25) is 0 Å². The predicted octanol–water partition coefficient (Wildman–Crippen LogP) is 4.11. The molecule has 0 aliphatic carbocycles. The second-order valence-electron chi connectivity index (χ2n) is 4.25. The first-order valence-corrected chi connectivity index (χ1v) is 6.61. The van der Waals surface area contributed by atoms with Gasteiger partial charge in [-0.1, -0.05) is 32.8 Å². The number of thioether (sulfide) groups is 1. The molecule has 1 nitrogen and oxygen atoms in total. The fourth-order valence-corrected chi connectivity index (χ4v) is 2.63. The standard InChI is InChI=1S/C13H21NS/c1-4-5-11(3)9-15-13-7-6-10(2)8-12(13)14/h6-8,11H,4-5,9,14H2,1-3H3. The molecule has 0 aliphatic rings. The largest absolute Gasteiger partial charge is 0.398 e. The van der Waals surface area contributed by atoms with E-state index in [9.17, 15) is 0 Å². The predicted molar refractivity (Wildman–Crippen MR) is 70.4 cm³/mol. The molecule has 1 aromatic carbocycles. The highest BCUT2D eigenvalue weighted by molar-refractivity contribution is 7.99. The number of nitrogen functional groups attached to an aromatic ring is 1. The maximum absolute atomic E-state index is 5.96. The summed E-state index contributed by atoms with van der Waals surface area (Å²) in [7, 11) is 0. The molecule has 0 aromatic heterocycles. The van der Waals surface area contributed by atoms with Gasteiger partial charge in [-0.05, 0) is 30.5 Å². The van der Waals surface area contributed by atoms with E-state index in [1.54, 1.807) is 0 Å². The van der Waals surface area contributed by atoms with Crippen molar-refractivity contribution in [3.63, 3.8) is 0 Å². The number of hydrogen-bond donors (Lipinski definition) is 1. The topological polar surface area (TPSA) is 26.0 Å². The number of hydrogen-bond acceptors (Lipinski definition) is 2. The molecule has 0 aliphatic heterocycles. The lowest BCUT2D eigenvalue weighted by Gasteiger charge is -2.11. The van der Waals surface area contributed by atoms with Gasteiger partial charge in [-0.25, -0.2) is 0 Å². The van der Waals surface area contributed by atoms with Crippen LogP contribution in [0, 0.1) is 12.8 Å². The first-order chi connectivity index (χ1) is 7.13. The normalized spacial score (nSPS) is 12.7. The number of rotatable bonds is 5. The molecule has 0 saturated heterocycles. The van der Waals surface area contributed by atoms with Crippen LogP contribution in [-0.2, 0) is 0 Å². The third kappa shape index (κ3) is 4.17. The fourth-order valence-electron chi connectivity index (χ4n) is 1.61. The van der Waals surface area contributed by atoms with Gasteiger partial charge in [0.1, 0.15) is 0 Å². The molecule has 84 valence electrons. The molecule has 1 aromatic rings. The molecule has 0 spiro atoms. The first-order valence-electron chi connectivity index (χ1n) is 5.62. The van der Waals surface area contributed by atoms with Crippen LogP contribution in [-0.4, -0.2) is 5.75 Å². The SMILES string of the molecule is CCCC(C)CSc1ccc(C)cc1N. The zero-order chi connectivity index (χ0) is 11.3. The Bertz CT molecular complexity index is 309. The maximum atomic E-state index is 5.96. The molecule has 1 rings (SSSR count). The van der Waals surface area contributed by atoms with Gasteiger partial charge in [-0.15, -0.1) is 11.8 Å². The number of benzene rings is 1. The zero-order valence-electron chi connectivity index (χ0n) is 9.92. The molecule has 2 heteroatoms. The Morgan fingerprint density at radius 1 is 1.40 bits per heavy atom. The fraction of sp³-hybridized carbons (Fsp3) is 0.538. The van der Waals surface area contributed by atoms with E-state index in [1.165, 1.54) is 29.1 Å². The van der Waals surface area contributed by atoms with E-state index in [0.29, 0.717) is 0 Å². The third-order valence-corrected chi connectivity index (χ3v) is 3.89. The molecule has 1 atom stereocenters. The summed E-state index contributed by atoms with van der Waals surface area (Å²) >= 11 is 1.88. The minimum absolute atomic E-state index is 0.778. The van der Waals surface area contributed by atoms with Crippen molar-refractivity contribution in [2.75, 3.05) is 11.5 Å². The number of nitrogens with two attached hydrogens (primary N) is 1. The summed E-state index contributed by atoms with van der Waals surface area (Å²) in [5, 5.41) is 0. The minimum atomic E-state index is 0.778. The second-order valence-corrected chi connectivity index (χ2v) is 5.31. The van der Waals surface area contributed by atoms with Crippen LogP contribution >= 0.6 is 11.8 Å². The van der Waals surface area contributed by atoms with Gasteiger partial charge in [0.15, 0.2) is 0 Å². The average Bonchev–Trinajstić information content (AvgIpc) is 2.17. The quantitative estimate of drug-likeness (QED) is 0.600. The molecular weight excluding hydrogens is 202 g/mol. The van der Waals surface area contributed by atoms with Crippen molar-refractivity contribution in [3.05, 3.63) is 23.8 Å². The highest BCUT2D eigenvalue weighted by Crippen LogP contribution is 2.28. The van der Waals surface area contributed by atoms with Crippen LogP contribution in [0.25, 0.3) is 0 Å².